The topological polar surface area (TPSA) is 0 Å². The zero-order valence-corrected chi connectivity index (χ0v) is 15.7. The number of fused-ring (bicyclic) bond motifs is 2. The molecular weight excluding hydrogens is 360 g/mol. The average molecular weight is 375 g/mol. The van der Waals surface area contributed by atoms with Crippen molar-refractivity contribution in [1.29, 1.82) is 0 Å². The van der Waals surface area contributed by atoms with Crippen molar-refractivity contribution in [2.45, 2.75) is 25.5 Å². The Morgan fingerprint density at radius 2 is 2.25 bits per heavy atom. The van der Waals surface area contributed by atoms with Crippen LogP contribution in [-0.4, -0.2) is 8.46 Å². The first kappa shape index (κ1) is 13.4. The van der Waals surface area contributed by atoms with Gasteiger partial charge in [-0.2, -0.15) is 0 Å². The molecule has 2 heterocycles. The summed E-state index contributed by atoms with van der Waals surface area (Å²) in [5, 5.41) is 6.89. The van der Waals surface area contributed by atoms with Crippen LogP contribution in [0.4, 0.5) is 0 Å². The molecule has 3 aliphatic rings. The Morgan fingerprint density at radius 3 is 3.00 bits per heavy atom. The second-order valence-electron chi connectivity index (χ2n) is 5.49. The molecule has 0 amide bonds. The van der Waals surface area contributed by atoms with Crippen LogP contribution in [0.2, 0.25) is 0 Å². The summed E-state index contributed by atoms with van der Waals surface area (Å²) in [5.41, 5.74) is 4.65. The molecule has 2 aliphatic carbocycles. The van der Waals surface area contributed by atoms with Crippen LogP contribution in [0.25, 0.3) is 8.85 Å². The second kappa shape index (κ2) is 5.19. The summed E-state index contributed by atoms with van der Waals surface area (Å²) in [6.45, 7) is 4.64. The molecule has 1 atom stereocenters. The van der Waals surface area contributed by atoms with Crippen molar-refractivity contribution in [3.05, 3.63) is 56.0 Å². The zero-order chi connectivity index (χ0) is 13.7. The van der Waals surface area contributed by atoms with Crippen LogP contribution >= 0.6 is 23.1 Å². The Balaban J connectivity index is 1.92. The molecule has 0 saturated carbocycles. The van der Waals surface area contributed by atoms with E-state index in [1.807, 2.05) is 11.3 Å². The Kier molecular flexibility index (Phi) is 3.49. The molecular formula is C17H15S2Zr. The van der Waals surface area contributed by atoms with Gasteiger partial charge in [0.15, 0.2) is 0 Å². The number of hydrogen-bond donors (Lipinski definition) is 0. The molecule has 0 nitrogen and oxygen atoms in total. The molecule has 0 aromatic carbocycles. The van der Waals surface area contributed by atoms with Gasteiger partial charge in [-0.25, -0.2) is 0 Å². The van der Waals surface area contributed by atoms with Crippen LogP contribution < -0.4 is 9.75 Å². The van der Waals surface area contributed by atoms with Gasteiger partial charge in [0.25, 0.3) is 0 Å². The predicted octanol–water partition coefficient (Wildman–Crippen LogP) is 3.20. The maximum absolute atomic E-state index is 2.42. The predicted molar refractivity (Wildman–Crippen MR) is 88.0 cm³/mol. The van der Waals surface area contributed by atoms with Crippen molar-refractivity contribution in [2.24, 2.45) is 0 Å². The third-order valence-corrected chi connectivity index (χ3v) is 10.1. The van der Waals surface area contributed by atoms with Gasteiger partial charge in [0.05, 0.1) is 0 Å². The molecule has 20 heavy (non-hydrogen) atoms. The van der Waals surface area contributed by atoms with Crippen LogP contribution in [0.3, 0.4) is 0 Å². The summed E-state index contributed by atoms with van der Waals surface area (Å²) in [6.07, 6.45) is 7.87. The molecule has 99 valence electrons. The number of hydrogen-bond acceptors (Lipinski definition) is 2. The van der Waals surface area contributed by atoms with Gasteiger partial charge in [-0.05, 0) is 0 Å². The minimum atomic E-state index is -0.523. The standard InChI is InChI=1S/C14H9S2.C3H6.Zr/c1-2-4-9(3-1)11-8-16-13-7-12-10(14(11)13)5-6-15-12;1-3-2;/h1-3,5-6,8,13H,4H2;1-2H3;. The van der Waals surface area contributed by atoms with E-state index in [0.29, 0.717) is 5.25 Å². The number of thiophene rings is 1. The van der Waals surface area contributed by atoms with Crippen molar-refractivity contribution in [3.8, 4) is 0 Å². The SMILES string of the molecule is C[C](C)=[Zr][C]1=c2sccc2=C2C(C3=CC=CC3)=CSC21. The quantitative estimate of drug-likeness (QED) is 0.766. The molecule has 0 fully saturated rings. The number of rotatable bonds is 2. The van der Waals surface area contributed by atoms with Crippen molar-refractivity contribution in [1.82, 2.24) is 0 Å². The molecule has 0 bridgehead atoms. The van der Waals surface area contributed by atoms with Gasteiger partial charge in [0.2, 0.25) is 0 Å². The van der Waals surface area contributed by atoms with Crippen LogP contribution in [0.1, 0.15) is 20.3 Å². The summed E-state index contributed by atoms with van der Waals surface area (Å²) in [5.74, 6) is 0. The normalized spacial score (nSPS) is 22.6. The molecule has 0 saturated heterocycles. The van der Waals surface area contributed by atoms with E-state index >= 15 is 0 Å². The van der Waals surface area contributed by atoms with E-state index in [9.17, 15) is 0 Å². The molecule has 4 rings (SSSR count). The molecule has 1 aliphatic heterocycles. The molecule has 1 aromatic rings. The molecule has 1 unspecified atom stereocenters. The summed E-state index contributed by atoms with van der Waals surface area (Å²) < 4.78 is 5.10. The molecule has 0 spiro atoms. The van der Waals surface area contributed by atoms with Crippen LogP contribution in [0.5, 0.6) is 0 Å². The Labute approximate surface area is 138 Å². The van der Waals surface area contributed by atoms with E-state index in [-0.39, 0.29) is 0 Å². The van der Waals surface area contributed by atoms with Gasteiger partial charge < -0.3 is 0 Å². The first-order valence-corrected chi connectivity index (χ1v) is 11.1. The summed E-state index contributed by atoms with van der Waals surface area (Å²) in [7, 11) is 0. The Morgan fingerprint density at radius 1 is 1.35 bits per heavy atom. The van der Waals surface area contributed by atoms with E-state index in [0.717, 1.165) is 6.42 Å². The first-order chi connectivity index (χ1) is 9.75. The number of thioether (sulfide) groups is 1. The van der Waals surface area contributed by atoms with Crippen molar-refractivity contribution in [2.75, 3.05) is 0 Å². The minimum absolute atomic E-state index is 0.523. The van der Waals surface area contributed by atoms with Gasteiger partial charge in [-0.1, -0.05) is 0 Å². The van der Waals surface area contributed by atoms with Crippen molar-refractivity contribution in [3.63, 3.8) is 0 Å². The van der Waals surface area contributed by atoms with Gasteiger partial charge >= 0.3 is 139 Å². The van der Waals surface area contributed by atoms with Crippen molar-refractivity contribution >= 4 is 35.2 Å². The van der Waals surface area contributed by atoms with Gasteiger partial charge in [-0.15, -0.1) is 0 Å². The summed E-state index contributed by atoms with van der Waals surface area (Å²) in [6, 6.07) is 2.35. The summed E-state index contributed by atoms with van der Waals surface area (Å²) in [4.78, 5) is 0. The van der Waals surface area contributed by atoms with Gasteiger partial charge in [-0.3, -0.25) is 0 Å². The average Bonchev–Trinajstić information content (AvgIpc) is 3.13. The van der Waals surface area contributed by atoms with E-state index in [4.69, 9.17) is 0 Å². The fourth-order valence-electron chi connectivity index (χ4n) is 3.04. The first-order valence-electron chi connectivity index (χ1n) is 6.87. The molecule has 1 aromatic heterocycles. The molecule has 3 heteroatoms. The van der Waals surface area contributed by atoms with E-state index in [2.05, 4.69) is 60.7 Å². The van der Waals surface area contributed by atoms with E-state index in [1.54, 1.807) is 21.8 Å². The van der Waals surface area contributed by atoms with E-state index < -0.39 is 22.8 Å². The Bertz CT molecular complexity index is 827. The third-order valence-electron chi connectivity index (χ3n) is 3.84. The monoisotopic (exact) mass is 373 g/mol. The van der Waals surface area contributed by atoms with Crippen LogP contribution in [0, 0.1) is 0 Å². The zero-order valence-electron chi connectivity index (χ0n) is 11.6. The molecule has 0 radical (unpaired) electrons. The summed E-state index contributed by atoms with van der Waals surface area (Å²) >= 11 is 3.49. The van der Waals surface area contributed by atoms with Crippen LogP contribution in [0.15, 0.2) is 46.2 Å². The van der Waals surface area contributed by atoms with Gasteiger partial charge in [0.1, 0.15) is 0 Å². The third kappa shape index (κ3) is 2.02. The fraction of sp³-hybridized carbons (Fsp3) is 0.235. The number of allylic oxidation sites excluding steroid dienone is 5. The van der Waals surface area contributed by atoms with Gasteiger partial charge in [0, 0.05) is 0 Å². The van der Waals surface area contributed by atoms with E-state index in [1.165, 1.54) is 11.1 Å². The van der Waals surface area contributed by atoms with Crippen LogP contribution in [-0.2, 0) is 22.8 Å². The molecule has 0 N–H and O–H groups in total. The fourth-order valence-corrected chi connectivity index (χ4v) is 9.40. The second-order valence-corrected chi connectivity index (χ2v) is 11.8. The Hall–Kier alpha value is -0.237. The van der Waals surface area contributed by atoms with Crippen molar-refractivity contribution < 1.29 is 22.8 Å². The maximum atomic E-state index is 2.42.